The molecule has 0 aliphatic rings. The summed E-state index contributed by atoms with van der Waals surface area (Å²) < 4.78 is 5.35. The number of rotatable bonds is 3. The highest BCUT2D eigenvalue weighted by Gasteiger charge is 2.17. The quantitative estimate of drug-likeness (QED) is 0.776. The van der Waals surface area contributed by atoms with Crippen LogP contribution in [0.5, 0.6) is 0 Å². The van der Waals surface area contributed by atoms with Crippen LogP contribution in [0.1, 0.15) is 35.7 Å². The van der Waals surface area contributed by atoms with Gasteiger partial charge in [0.15, 0.2) is 5.76 Å². The molecule has 0 amide bonds. The van der Waals surface area contributed by atoms with Gasteiger partial charge in [-0.1, -0.05) is 32.0 Å². The van der Waals surface area contributed by atoms with E-state index in [0.717, 1.165) is 11.1 Å². The zero-order chi connectivity index (χ0) is 15.0. The van der Waals surface area contributed by atoms with Crippen molar-refractivity contribution in [1.29, 1.82) is 0 Å². The first-order valence-corrected chi connectivity index (χ1v) is 6.78. The van der Waals surface area contributed by atoms with E-state index in [1.165, 1.54) is 0 Å². The SMILES string of the molecule is CC(C)c1cccc2c(C(=O)O)cc(-c3ccco3)nc12. The van der Waals surface area contributed by atoms with Gasteiger partial charge in [0.2, 0.25) is 0 Å². The molecule has 4 heteroatoms. The summed E-state index contributed by atoms with van der Waals surface area (Å²) in [6.45, 7) is 4.13. The van der Waals surface area contributed by atoms with E-state index in [2.05, 4.69) is 18.8 Å². The number of carboxylic acid groups (broad SMARTS) is 1. The molecule has 2 heterocycles. The van der Waals surface area contributed by atoms with Gasteiger partial charge in [0, 0.05) is 5.39 Å². The van der Waals surface area contributed by atoms with Crippen LogP contribution in [0, 0.1) is 0 Å². The minimum Gasteiger partial charge on any atom is -0.478 e. The molecular weight excluding hydrogens is 266 g/mol. The number of benzene rings is 1. The average molecular weight is 281 g/mol. The third-order valence-electron chi connectivity index (χ3n) is 3.50. The first-order chi connectivity index (χ1) is 10.1. The Labute approximate surface area is 122 Å². The van der Waals surface area contributed by atoms with Crippen molar-refractivity contribution in [3.63, 3.8) is 0 Å². The lowest BCUT2D eigenvalue weighted by molar-refractivity contribution is 0.0699. The molecule has 21 heavy (non-hydrogen) atoms. The van der Waals surface area contributed by atoms with Crippen molar-refractivity contribution in [2.45, 2.75) is 19.8 Å². The Morgan fingerprint density at radius 1 is 1.24 bits per heavy atom. The molecule has 0 radical (unpaired) electrons. The van der Waals surface area contributed by atoms with Crippen LogP contribution in [-0.4, -0.2) is 16.1 Å². The van der Waals surface area contributed by atoms with Gasteiger partial charge in [-0.05, 0) is 29.7 Å². The van der Waals surface area contributed by atoms with Gasteiger partial charge in [0.05, 0.1) is 17.3 Å². The second-order valence-electron chi connectivity index (χ2n) is 5.24. The largest absolute Gasteiger partial charge is 0.478 e. The molecule has 3 rings (SSSR count). The van der Waals surface area contributed by atoms with Crippen molar-refractivity contribution in [3.05, 3.63) is 53.8 Å². The number of pyridine rings is 1. The van der Waals surface area contributed by atoms with Gasteiger partial charge in [0.25, 0.3) is 0 Å². The van der Waals surface area contributed by atoms with E-state index in [0.29, 0.717) is 16.8 Å². The zero-order valence-corrected chi connectivity index (χ0v) is 11.8. The van der Waals surface area contributed by atoms with Crippen LogP contribution >= 0.6 is 0 Å². The highest BCUT2D eigenvalue weighted by Crippen LogP contribution is 2.30. The van der Waals surface area contributed by atoms with Crippen molar-refractivity contribution in [1.82, 2.24) is 4.98 Å². The van der Waals surface area contributed by atoms with E-state index in [-0.39, 0.29) is 11.5 Å². The standard InChI is InChI=1S/C17H15NO3/c1-10(2)11-5-3-6-12-13(17(19)20)9-14(18-16(11)12)15-7-4-8-21-15/h3-10H,1-2H3,(H,19,20). The molecule has 1 aromatic carbocycles. The summed E-state index contributed by atoms with van der Waals surface area (Å²) in [7, 11) is 0. The number of aromatic nitrogens is 1. The number of nitrogens with zero attached hydrogens (tertiary/aromatic N) is 1. The van der Waals surface area contributed by atoms with Crippen molar-refractivity contribution in [2.75, 3.05) is 0 Å². The Morgan fingerprint density at radius 3 is 2.67 bits per heavy atom. The molecule has 0 aliphatic heterocycles. The summed E-state index contributed by atoms with van der Waals surface area (Å²) in [5, 5.41) is 10.1. The van der Waals surface area contributed by atoms with E-state index >= 15 is 0 Å². The lowest BCUT2D eigenvalue weighted by atomic mass is 9.97. The molecule has 0 aliphatic carbocycles. The highest BCUT2D eigenvalue weighted by atomic mass is 16.4. The lowest BCUT2D eigenvalue weighted by Gasteiger charge is -2.12. The summed E-state index contributed by atoms with van der Waals surface area (Å²) in [6.07, 6.45) is 1.55. The van der Waals surface area contributed by atoms with Crippen LogP contribution in [-0.2, 0) is 0 Å². The second kappa shape index (κ2) is 5.05. The molecule has 0 unspecified atom stereocenters. The minimum atomic E-state index is -0.962. The summed E-state index contributed by atoms with van der Waals surface area (Å²) in [5.74, 6) is -0.135. The number of hydrogen-bond acceptors (Lipinski definition) is 3. The summed E-state index contributed by atoms with van der Waals surface area (Å²) in [4.78, 5) is 16.2. The summed E-state index contributed by atoms with van der Waals surface area (Å²) in [6, 6.07) is 10.8. The molecule has 1 N–H and O–H groups in total. The fraction of sp³-hybridized carbons (Fsp3) is 0.176. The van der Waals surface area contributed by atoms with Crippen LogP contribution in [0.25, 0.3) is 22.4 Å². The Morgan fingerprint density at radius 2 is 2.05 bits per heavy atom. The minimum absolute atomic E-state index is 0.244. The fourth-order valence-corrected chi connectivity index (χ4v) is 2.46. The number of hydrogen-bond donors (Lipinski definition) is 1. The first-order valence-electron chi connectivity index (χ1n) is 6.78. The molecule has 0 spiro atoms. The molecule has 0 fully saturated rings. The zero-order valence-electron chi connectivity index (χ0n) is 11.8. The highest BCUT2D eigenvalue weighted by molar-refractivity contribution is 6.04. The molecule has 0 atom stereocenters. The van der Waals surface area contributed by atoms with Crippen LogP contribution < -0.4 is 0 Å². The predicted molar refractivity (Wildman–Crippen MR) is 80.5 cm³/mol. The van der Waals surface area contributed by atoms with E-state index in [1.54, 1.807) is 30.5 Å². The second-order valence-corrected chi connectivity index (χ2v) is 5.24. The Kier molecular flexibility index (Phi) is 3.22. The Bertz CT molecular complexity index is 804. The number of carboxylic acids is 1. The maximum atomic E-state index is 11.6. The summed E-state index contributed by atoms with van der Waals surface area (Å²) in [5.41, 5.74) is 2.54. The van der Waals surface area contributed by atoms with Gasteiger partial charge >= 0.3 is 5.97 Å². The van der Waals surface area contributed by atoms with Gasteiger partial charge < -0.3 is 9.52 Å². The first kappa shape index (κ1) is 13.4. The van der Waals surface area contributed by atoms with Gasteiger partial charge in [-0.3, -0.25) is 0 Å². The molecule has 4 nitrogen and oxygen atoms in total. The Hall–Kier alpha value is -2.62. The number of para-hydroxylation sites is 1. The van der Waals surface area contributed by atoms with Gasteiger partial charge in [-0.2, -0.15) is 0 Å². The van der Waals surface area contributed by atoms with Crippen LogP contribution in [0.2, 0.25) is 0 Å². The third-order valence-corrected chi connectivity index (χ3v) is 3.50. The van der Waals surface area contributed by atoms with E-state index in [4.69, 9.17) is 4.42 Å². The molecular formula is C17H15NO3. The van der Waals surface area contributed by atoms with Crippen LogP contribution in [0.4, 0.5) is 0 Å². The molecule has 0 bridgehead atoms. The van der Waals surface area contributed by atoms with E-state index in [9.17, 15) is 9.90 Å². The fourth-order valence-electron chi connectivity index (χ4n) is 2.46. The van der Waals surface area contributed by atoms with Crippen LogP contribution in [0.15, 0.2) is 47.1 Å². The van der Waals surface area contributed by atoms with Gasteiger partial charge in [0.1, 0.15) is 5.69 Å². The summed E-state index contributed by atoms with van der Waals surface area (Å²) >= 11 is 0. The molecule has 106 valence electrons. The number of aromatic carboxylic acids is 1. The Balaban J connectivity index is 2.38. The molecule has 2 aromatic heterocycles. The van der Waals surface area contributed by atoms with Crippen LogP contribution in [0.3, 0.4) is 0 Å². The molecule has 0 saturated heterocycles. The maximum absolute atomic E-state index is 11.6. The normalized spacial score (nSPS) is 11.2. The topological polar surface area (TPSA) is 63.3 Å². The molecule has 3 aromatic rings. The van der Waals surface area contributed by atoms with Crippen molar-refractivity contribution in [2.24, 2.45) is 0 Å². The maximum Gasteiger partial charge on any atom is 0.336 e. The predicted octanol–water partition coefficient (Wildman–Crippen LogP) is 4.32. The number of furan rings is 1. The van der Waals surface area contributed by atoms with E-state index in [1.807, 2.05) is 12.1 Å². The van der Waals surface area contributed by atoms with Gasteiger partial charge in [-0.15, -0.1) is 0 Å². The third kappa shape index (κ3) is 2.29. The lowest BCUT2D eigenvalue weighted by Crippen LogP contribution is -2.02. The van der Waals surface area contributed by atoms with Crippen molar-refractivity contribution >= 4 is 16.9 Å². The smallest absolute Gasteiger partial charge is 0.336 e. The number of carbonyl (C=O) groups is 1. The molecule has 0 saturated carbocycles. The van der Waals surface area contributed by atoms with E-state index < -0.39 is 5.97 Å². The monoisotopic (exact) mass is 281 g/mol. The van der Waals surface area contributed by atoms with Crippen molar-refractivity contribution < 1.29 is 14.3 Å². The number of fused-ring (bicyclic) bond motifs is 1. The average Bonchev–Trinajstić information content (AvgIpc) is 2.99. The van der Waals surface area contributed by atoms with Crippen molar-refractivity contribution in [3.8, 4) is 11.5 Å². The van der Waals surface area contributed by atoms with Gasteiger partial charge in [-0.25, -0.2) is 9.78 Å².